The minimum absolute atomic E-state index is 0.0759. The average Bonchev–Trinajstić information content (AvgIpc) is 3.24. The zero-order valence-corrected chi connectivity index (χ0v) is 17.2. The van der Waals surface area contributed by atoms with Crippen LogP contribution in [0.2, 0.25) is 0 Å². The van der Waals surface area contributed by atoms with Gasteiger partial charge >= 0.3 is 0 Å². The van der Waals surface area contributed by atoms with Gasteiger partial charge in [0.05, 0.1) is 16.5 Å². The van der Waals surface area contributed by atoms with Gasteiger partial charge in [0.25, 0.3) is 17.5 Å². The summed E-state index contributed by atoms with van der Waals surface area (Å²) in [5.41, 5.74) is -1.22. The fraction of sp³-hybridized carbons (Fsp3) is 0.381. The van der Waals surface area contributed by atoms with Crippen LogP contribution >= 0.6 is 0 Å². The van der Waals surface area contributed by atoms with Crippen LogP contribution in [-0.2, 0) is 11.2 Å². The van der Waals surface area contributed by atoms with E-state index in [2.05, 4.69) is 5.32 Å². The van der Waals surface area contributed by atoms with Crippen LogP contribution in [0.5, 0.6) is 0 Å². The van der Waals surface area contributed by atoms with Gasteiger partial charge in [-0.25, -0.2) is 0 Å². The lowest BCUT2D eigenvalue weighted by atomic mass is 9.85. The zero-order valence-electron chi connectivity index (χ0n) is 17.2. The molecular formula is C21H23N3O6. The number of fused-ring (bicyclic) bond motifs is 1. The largest absolute Gasteiger partial charge is 0.464 e. The number of hydrogen-bond acceptors (Lipinski definition) is 6. The van der Waals surface area contributed by atoms with Crippen LogP contribution in [0.15, 0.2) is 34.7 Å². The minimum atomic E-state index is -0.851. The van der Waals surface area contributed by atoms with E-state index in [4.69, 9.17) is 4.42 Å². The fourth-order valence-corrected chi connectivity index (χ4v) is 3.42. The molecule has 1 aromatic carbocycles. The van der Waals surface area contributed by atoms with Crippen LogP contribution in [0.3, 0.4) is 0 Å². The Morgan fingerprint density at radius 3 is 2.47 bits per heavy atom. The summed E-state index contributed by atoms with van der Waals surface area (Å²) < 4.78 is 5.79. The van der Waals surface area contributed by atoms with E-state index < -0.39 is 46.3 Å². The molecular weight excluding hydrogens is 390 g/mol. The van der Waals surface area contributed by atoms with Crippen LogP contribution < -0.4 is 5.32 Å². The Kier molecular flexibility index (Phi) is 5.47. The molecule has 1 unspecified atom stereocenters. The van der Waals surface area contributed by atoms with Crippen molar-refractivity contribution >= 4 is 23.4 Å². The van der Waals surface area contributed by atoms with Gasteiger partial charge in [0.1, 0.15) is 23.6 Å². The van der Waals surface area contributed by atoms with Gasteiger partial charge in [0.15, 0.2) is 0 Å². The molecule has 3 rings (SSSR count). The Morgan fingerprint density at radius 2 is 1.90 bits per heavy atom. The number of amides is 3. The number of nitro benzene ring substituents is 1. The smallest absolute Gasteiger partial charge is 0.282 e. The summed E-state index contributed by atoms with van der Waals surface area (Å²) in [5, 5.41) is 14.0. The molecule has 3 amide bonds. The molecule has 0 saturated heterocycles. The second-order valence-corrected chi connectivity index (χ2v) is 8.18. The maximum absolute atomic E-state index is 12.7. The first kappa shape index (κ1) is 21.2. The van der Waals surface area contributed by atoms with E-state index in [1.54, 1.807) is 6.07 Å². The van der Waals surface area contributed by atoms with Crippen molar-refractivity contribution in [3.63, 3.8) is 0 Å². The molecule has 0 fully saturated rings. The van der Waals surface area contributed by atoms with Crippen LogP contribution in [0.1, 0.15) is 66.0 Å². The highest BCUT2D eigenvalue weighted by atomic mass is 16.6. The average molecular weight is 413 g/mol. The first-order valence-electron chi connectivity index (χ1n) is 9.56. The fourth-order valence-electron chi connectivity index (χ4n) is 3.42. The van der Waals surface area contributed by atoms with Crippen molar-refractivity contribution in [3.8, 4) is 0 Å². The third-order valence-electron chi connectivity index (χ3n) is 4.96. The number of aryl methyl sites for hydroxylation is 1. The molecule has 0 spiro atoms. The number of nitrogens with one attached hydrogen (secondary N) is 1. The van der Waals surface area contributed by atoms with Crippen molar-refractivity contribution in [2.24, 2.45) is 5.41 Å². The van der Waals surface area contributed by atoms with Gasteiger partial charge in [0.2, 0.25) is 5.91 Å². The number of imide groups is 1. The maximum atomic E-state index is 12.7. The standard InChI is InChI=1S/C21H23N3O6/c1-5-12-9-10-15(30-12)18(21(2,3)4)22-16(25)11-23-19(26)13-7-6-8-14(24(28)29)17(13)20(23)27/h6-10,18H,5,11H2,1-4H3,(H,22,25). The molecule has 1 N–H and O–H groups in total. The van der Waals surface area contributed by atoms with Crippen LogP contribution in [0.25, 0.3) is 0 Å². The van der Waals surface area contributed by atoms with Crippen molar-refractivity contribution in [3.05, 3.63) is 63.1 Å². The summed E-state index contributed by atoms with van der Waals surface area (Å²) in [6, 6.07) is 6.97. The third kappa shape index (κ3) is 3.83. The number of nitro groups is 1. The highest BCUT2D eigenvalue weighted by molar-refractivity contribution is 6.24. The second-order valence-electron chi connectivity index (χ2n) is 8.18. The molecule has 158 valence electrons. The van der Waals surface area contributed by atoms with E-state index in [-0.39, 0.29) is 11.1 Å². The number of rotatable bonds is 6. The van der Waals surface area contributed by atoms with Gasteiger partial charge in [-0.2, -0.15) is 0 Å². The Hall–Kier alpha value is -3.49. The Balaban J connectivity index is 1.81. The lowest BCUT2D eigenvalue weighted by Crippen LogP contribution is -2.44. The van der Waals surface area contributed by atoms with E-state index in [1.807, 2.05) is 33.8 Å². The monoisotopic (exact) mass is 413 g/mol. The topological polar surface area (TPSA) is 123 Å². The highest BCUT2D eigenvalue weighted by Crippen LogP contribution is 2.34. The van der Waals surface area contributed by atoms with E-state index >= 15 is 0 Å². The number of carbonyl (C=O) groups is 3. The molecule has 9 heteroatoms. The zero-order chi connectivity index (χ0) is 22.2. The minimum Gasteiger partial charge on any atom is -0.464 e. The second kappa shape index (κ2) is 7.74. The van der Waals surface area contributed by atoms with Gasteiger partial charge in [-0.05, 0) is 23.6 Å². The molecule has 9 nitrogen and oxygen atoms in total. The van der Waals surface area contributed by atoms with E-state index in [0.29, 0.717) is 12.2 Å². The molecule has 1 atom stereocenters. The van der Waals surface area contributed by atoms with Gasteiger partial charge in [0, 0.05) is 12.5 Å². The van der Waals surface area contributed by atoms with Crippen molar-refractivity contribution in [2.75, 3.05) is 6.54 Å². The van der Waals surface area contributed by atoms with Crippen molar-refractivity contribution < 1.29 is 23.7 Å². The summed E-state index contributed by atoms with van der Waals surface area (Å²) in [5.74, 6) is -0.795. The molecule has 2 heterocycles. The predicted octanol–water partition coefficient (Wildman–Crippen LogP) is 3.25. The molecule has 2 aromatic rings. The first-order valence-corrected chi connectivity index (χ1v) is 9.56. The lowest BCUT2D eigenvalue weighted by molar-refractivity contribution is -0.385. The number of hydrogen-bond donors (Lipinski definition) is 1. The van der Waals surface area contributed by atoms with E-state index in [0.717, 1.165) is 16.7 Å². The molecule has 30 heavy (non-hydrogen) atoms. The third-order valence-corrected chi connectivity index (χ3v) is 4.96. The summed E-state index contributed by atoms with van der Waals surface area (Å²) in [6.45, 7) is 7.19. The molecule has 0 radical (unpaired) electrons. The van der Waals surface area contributed by atoms with Crippen LogP contribution in [0.4, 0.5) is 5.69 Å². The molecule has 0 aliphatic carbocycles. The number of benzene rings is 1. The van der Waals surface area contributed by atoms with Gasteiger partial charge in [-0.1, -0.05) is 33.8 Å². The van der Waals surface area contributed by atoms with Gasteiger partial charge in [-0.3, -0.25) is 29.4 Å². The van der Waals surface area contributed by atoms with Crippen molar-refractivity contribution in [1.29, 1.82) is 0 Å². The summed E-state index contributed by atoms with van der Waals surface area (Å²) in [7, 11) is 0. The SMILES string of the molecule is CCc1ccc(C(NC(=O)CN2C(=O)c3cccc([N+](=O)[O-])c3C2=O)C(C)(C)C)o1. The van der Waals surface area contributed by atoms with Gasteiger partial charge in [-0.15, -0.1) is 0 Å². The first-order chi connectivity index (χ1) is 14.0. The van der Waals surface area contributed by atoms with E-state index in [9.17, 15) is 24.5 Å². The molecule has 0 bridgehead atoms. The Bertz CT molecular complexity index is 1030. The van der Waals surface area contributed by atoms with E-state index in [1.165, 1.54) is 12.1 Å². The van der Waals surface area contributed by atoms with Crippen LogP contribution in [-0.4, -0.2) is 34.1 Å². The van der Waals surface area contributed by atoms with Crippen LogP contribution in [0, 0.1) is 15.5 Å². The normalized spacial score (nSPS) is 14.6. The quantitative estimate of drug-likeness (QED) is 0.441. The molecule has 1 aliphatic rings. The Morgan fingerprint density at radius 1 is 1.20 bits per heavy atom. The summed E-state index contributed by atoms with van der Waals surface area (Å²) >= 11 is 0. The van der Waals surface area contributed by atoms with Crippen molar-refractivity contribution in [1.82, 2.24) is 10.2 Å². The van der Waals surface area contributed by atoms with Crippen molar-refractivity contribution in [2.45, 2.75) is 40.2 Å². The maximum Gasteiger partial charge on any atom is 0.282 e. The number of nitrogens with zero attached hydrogens (tertiary/aromatic N) is 2. The predicted molar refractivity (Wildman–Crippen MR) is 107 cm³/mol. The highest BCUT2D eigenvalue weighted by Gasteiger charge is 2.42. The van der Waals surface area contributed by atoms with Gasteiger partial charge < -0.3 is 9.73 Å². The molecule has 1 aliphatic heterocycles. The number of furan rings is 1. The summed E-state index contributed by atoms with van der Waals surface area (Å²) in [4.78, 5) is 49.2. The Labute approximate surface area is 173 Å². The lowest BCUT2D eigenvalue weighted by Gasteiger charge is -2.30. The molecule has 1 aromatic heterocycles. The molecule has 0 saturated carbocycles. The number of carbonyl (C=O) groups excluding carboxylic acids is 3. The summed E-state index contributed by atoms with van der Waals surface area (Å²) in [6.07, 6.45) is 0.707.